The van der Waals surface area contributed by atoms with Crippen molar-refractivity contribution in [1.82, 2.24) is 4.98 Å². The Morgan fingerprint density at radius 1 is 1.22 bits per heavy atom. The zero-order valence-corrected chi connectivity index (χ0v) is 10.6. The van der Waals surface area contributed by atoms with Crippen molar-refractivity contribution < 1.29 is 9.47 Å². The molecular formula is C14H18N2O2. The number of nitrogens with two attached hydrogens (primary N) is 1. The molecule has 2 rings (SSSR count). The average molecular weight is 246 g/mol. The van der Waals surface area contributed by atoms with Gasteiger partial charge in [-0.25, -0.2) is 4.98 Å². The number of ether oxygens (including phenoxy) is 2. The summed E-state index contributed by atoms with van der Waals surface area (Å²) in [5.74, 6) is 0.633. The summed E-state index contributed by atoms with van der Waals surface area (Å²) >= 11 is 0. The third-order valence-electron chi connectivity index (χ3n) is 2.64. The van der Waals surface area contributed by atoms with Gasteiger partial charge in [0.25, 0.3) is 0 Å². The fraction of sp³-hybridized carbons (Fsp3) is 0.357. The molecule has 18 heavy (non-hydrogen) atoms. The SMILES string of the molecule is CCOCCOc1nc(CN)cc2ccccc12. The van der Waals surface area contributed by atoms with Gasteiger partial charge in [-0.3, -0.25) is 0 Å². The molecule has 0 aliphatic rings. The molecule has 0 saturated heterocycles. The van der Waals surface area contributed by atoms with Gasteiger partial charge in [-0.05, 0) is 24.4 Å². The second-order valence-corrected chi connectivity index (χ2v) is 3.89. The predicted octanol–water partition coefficient (Wildman–Crippen LogP) is 2.11. The quantitative estimate of drug-likeness (QED) is 0.793. The number of hydrogen-bond acceptors (Lipinski definition) is 4. The molecule has 4 nitrogen and oxygen atoms in total. The first-order valence-electron chi connectivity index (χ1n) is 6.14. The third-order valence-corrected chi connectivity index (χ3v) is 2.64. The van der Waals surface area contributed by atoms with Gasteiger partial charge in [-0.15, -0.1) is 0 Å². The van der Waals surface area contributed by atoms with Crippen molar-refractivity contribution in [3.8, 4) is 5.88 Å². The van der Waals surface area contributed by atoms with Crippen LogP contribution in [0.25, 0.3) is 10.8 Å². The molecule has 1 heterocycles. The summed E-state index contributed by atoms with van der Waals surface area (Å²) in [6, 6.07) is 9.99. The molecule has 0 fully saturated rings. The monoisotopic (exact) mass is 246 g/mol. The average Bonchev–Trinajstić information content (AvgIpc) is 2.43. The Hall–Kier alpha value is -1.65. The molecule has 2 N–H and O–H groups in total. The Bertz CT molecular complexity index is 514. The van der Waals surface area contributed by atoms with E-state index in [1.165, 1.54) is 0 Å². The molecule has 0 radical (unpaired) electrons. The lowest BCUT2D eigenvalue weighted by atomic mass is 10.1. The van der Waals surface area contributed by atoms with Gasteiger partial charge in [0.1, 0.15) is 6.61 Å². The second-order valence-electron chi connectivity index (χ2n) is 3.89. The Balaban J connectivity index is 2.23. The van der Waals surface area contributed by atoms with Gasteiger partial charge < -0.3 is 15.2 Å². The lowest BCUT2D eigenvalue weighted by molar-refractivity contribution is 0.109. The molecule has 0 spiro atoms. The van der Waals surface area contributed by atoms with Gasteiger partial charge in [0.2, 0.25) is 5.88 Å². The normalized spacial score (nSPS) is 10.8. The van der Waals surface area contributed by atoms with Crippen LogP contribution in [0.4, 0.5) is 0 Å². The number of nitrogens with zero attached hydrogens (tertiary/aromatic N) is 1. The molecule has 0 atom stereocenters. The maximum Gasteiger partial charge on any atom is 0.221 e. The lowest BCUT2D eigenvalue weighted by Crippen LogP contribution is -2.09. The van der Waals surface area contributed by atoms with Gasteiger partial charge in [0, 0.05) is 18.5 Å². The van der Waals surface area contributed by atoms with Crippen molar-refractivity contribution in [3.63, 3.8) is 0 Å². The fourth-order valence-electron chi connectivity index (χ4n) is 1.78. The smallest absolute Gasteiger partial charge is 0.221 e. The van der Waals surface area contributed by atoms with E-state index in [-0.39, 0.29) is 0 Å². The molecule has 4 heteroatoms. The largest absolute Gasteiger partial charge is 0.475 e. The summed E-state index contributed by atoms with van der Waals surface area (Å²) in [7, 11) is 0. The highest BCUT2D eigenvalue weighted by molar-refractivity contribution is 5.87. The van der Waals surface area contributed by atoms with Crippen LogP contribution in [0.2, 0.25) is 0 Å². The van der Waals surface area contributed by atoms with Crippen LogP contribution < -0.4 is 10.5 Å². The summed E-state index contributed by atoms with van der Waals surface area (Å²) in [6.07, 6.45) is 0. The van der Waals surface area contributed by atoms with Crippen molar-refractivity contribution >= 4 is 10.8 Å². The van der Waals surface area contributed by atoms with E-state index in [1.54, 1.807) is 0 Å². The first-order chi connectivity index (χ1) is 8.85. The molecule has 1 aromatic carbocycles. The third kappa shape index (κ3) is 2.97. The summed E-state index contributed by atoms with van der Waals surface area (Å²) < 4.78 is 10.9. The Morgan fingerprint density at radius 3 is 2.83 bits per heavy atom. The van der Waals surface area contributed by atoms with Crippen LogP contribution in [-0.4, -0.2) is 24.8 Å². The van der Waals surface area contributed by atoms with E-state index in [4.69, 9.17) is 15.2 Å². The lowest BCUT2D eigenvalue weighted by Gasteiger charge is -2.10. The van der Waals surface area contributed by atoms with Crippen molar-refractivity contribution in [2.75, 3.05) is 19.8 Å². The fourth-order valence-corrected chi connectivity index (χ4v) is 1.78. The van der Waals surface area contributed by atoms with Gasteiger partial charge >= 0.3 is 0 Å². The maximum atomic E-state index is 5.67. The zero-order valence-electron chi connectivity index (χ0n) is 10.6. The van der Waals surface area contributed by atoms with Crippen LogP contribution in [0.3, 0.4) is 0 Å². The number of pyridine rings is 1. The number of fused-ring (bicyclic) bond motifs is 1. The molecule has 1 aromatic heterocycles. The molecule has 0 aliphatic carbocycles. The predicted molar refractivity (Wildman–Crippen MR) is 71.6 cm³/mol. The van der Waals surface area contributed by atoms with E-state index >= 15 is 0 Å². The number of aromatic nitrogens is 1. The molecule has 0 amide bonds. The highest BCUT2D eigenvalue weighted by Gasteiger charge is 2.06. The first-order valence-corrected chi connectivity index (χ1v) is 6.14. The molecule has 0 aliphatic heterocycles. The molecule has 0 unspecified atom stereocenters. The van der Waals surface area contributed by atoms with Gasteiger partial charge in [-0.1, -0.05) is 18.2 Å². The van der Waals surface area contributed by atoms with Gasteiger partial charge in [-0.2, -0.15) is 0 Å². The van der Waals surface area contributed by atoms with E-state index in [2.05, 4.69) is 4.98 Å². The Kier molecular flexibility index (Phi) is 4.50. The van der Waals surface area contributed by atoms with Crippen LogP contribution in [-0.2, 0) is 11.3 Å². The summed E-state index contributed by atoms with van der Waals surface area (Å²) in [5, 5.41) is 2.10. The molecule has 2 aromatic rings. The van der Waals surface area contributed by atoms with Crippen molar-refractivity contribution in [1.29, 1.82) is 0 Å². The van der Waals surface area contributed by atoms with Crippen LogP contribution >= 0.6 is 0 Å². The molecular weight excluding hydrogens is 228 g/mol. The molecule has 96 valence electrons. The van der Waals surface area contributed by atoms with E-state index in [1.807, 2.05) is 37.3 Å². The number of benzene rings is 1. The minimum Gasteiger partial charge on any atom is -0.475 e. The van der Waals surface area contributed by atoms with Gasteiger partial charge in [0.05, 0.1) is 12.3 Å². The summed E-state index contributed by atoms with van der Waals surface area (Å²) in [4.78, 5) is 4.41. The topological polar surface area (TPSA) is 57.4 Å². The van der Waals surface area contributed by atoms with Crippen molar-refractivity contribution in [3.05, 3.63) is 36.0 Å². The maximum absolute atomic E-state index is 5.67. The molecule has 0 bridgehead atoms. The second kappa shape index (κ2) is 6.33. The van der Waals surface area contributed by atoms with Crippen molar-refractivity contribution in [2.24, 2.45) is 5.73 Å². The van der Waals surface area contributed by atoms with Crippen LogP contribution in [0.1, 0.15) is 12.6 Å². The zero-order chi connectivity index (χ0) is 12.8. The first kappa shape index (κ1) is 12.8. The van der Waals surface area contributed by atoms with E-state index in [0.717, 1.165) is 16.5 Å². The molecule has 0 saturated carbocycles. The summed E-state index contributed by atoms with van der Waals surface area (Å²) in [6.45, 7) is 4.13. The van der Waals surface area contributed by atoms with Crippen LogP contribution in [0.15, 0.2) is 30.3 Å². The van der Waals surface area contributed by atoms with E-state index < -0.39 is 0 Å². The minimum atomic E-state index is 0.409. The number of hydrogen-bond donors (Lipinski definition) is 1. The van der Waals surface area contributed by atoms with E-state index in [0.29, 0.717) is 32.2 Å². The van der Waals surface area contributed by atoms with E-state index in [9.17, 15) is 0 Å². The standard InChI is InChI=1S/C14H18N2O2/c1-2-17-7-8-18-14-13-6-4-3-5-11(13)9-12(10-15)16-14/h3-6,9H,2,7-8,10,15H2,1H3. The van der Waals surface area contributed by atoms with Crippen LogP contribution in [0, 0.1) is 0 Å². The van der Waals surface area contributed by atoms with Gasteiger partial charge in [0.15, 0.2) is 0 Å². The van der Waals surface area contributed by atoms with Crippen molar-refractivity contribution in [2.45, 2.75) is 13.5 Å². The minimum absolute atomic E-state index is 0.409. The Morgan fingerprint density at radius 2 is 2.06 bits per heavy atom. The van der Waals surface area contributed by atoms with Crippen LogP contribution in [0.5, 0.6) is 5.88 Å². The highest BCUT2D eigenvalue weighted by Crippen LogP contribution is 2.24. The summed E-state index contributed by atoms with van der Waals surface area (Å²) in [5.41, 5.74) is 6.48. The number of rotatable bonds is 6. The highest BCUT2D eigenvalue weighted by atomic mass is 16.5. The Labute approximate surface area is 107 Å².